The molecule has 0 atom stereocenters. The molecule has 1 N–H and O–H groups in total. The Morgan fingerprint density at radius 3 is 2.52 bits per heavy atom. The zero-order valence-electron chi connectivity index (χ0n) is 13.1. The molecule has 4 heteroatoms. The number of hydrogen-bond acceptors (Lipinski definition) is 4. The molecule has 1 heterocycles. The number of para-hydroxylation sites is 1. The van der Waals surface area contributed by atoms with Gasteiger partial charge in [-0.25, -0.2) is 4.98 Å². The lowest BCUT2D eigenvalue weighted by Crippen LogP contribution is -2.18. The summed E-state index contributed by atoms with van der Waals surface area (Å²) in [7, 11) is 0. The van der Waals surface area contributed by atoms with Crippen molar-refractivity contribution in [3.05, 3.63) is 42.1 Å². The van der Waals surface area contributed by atoms with Gasteiger partial charge in [-0.2, -0.15) is 4.98 Å². The highest BCUT2D eigenvalue weighted by Crippen LogP contribution is 2.24. The van der Waals surface area contributed by atoms with Crippen molar-refractivity contribution >= 4 is 17.5 Å². The number of rotatable bonds is 7. The molecule has 0 aliphatic rings. The van der Waals surface area contributed by atoms with Gasteiger partial charge >= 0.3 is 0 Å². The van der Waals surface area contributed by atoms with Gasteiger partial charge in [-0.3, -0.25) is 0 Å². The number of unbranched alkanes of at least 4 members (excludes halogenated alkanes) is 1. The van der Waals surface area contributed by atoms with Crippen LogP contribution in [0.25, 0.3) is 0 Å². The van der Waals surface area contributed by atoms with Crippen LogP contribution in [0.4, 0.5) is 17.5 Å². The number of nitrogens with one attached hydrogen (secondary N) is 1. The molecule has 0 spiro atoms. The zero-order valence-corrected chi connectivity index (χ0v) is 13.1. The Bertz CT molecular complexity index is 554. The fraction of sp³-hybridized carbons (Fsp3) is 0.412. The van der Waals surface area contributed by atoms with Crippen molar-refractivity contribution in [2.45, 2.75) is 33.6 Å². The Labute approximate surface area is 127 Å². The van der Waals surface area contributed by atoms with Gasteiger partial charge < -0.3 is 10.2 Å². The average Bonchev–Trinajstić information content (AvgIpc) is 2.49. The smallest absolute Gasteiger partial charge is 0.224 e. The minimum absolute atomic E-state index is 0.716. The topological polar surface area (TPSA) is 41.1 Å². The second-order valence-corrected chi connectivity index (χ2v) is 5.05. The van der Waals surface area contributed by atoms with Crippen LogP contribution in [0.3, 0.4) is 0 Å². The highest BCUT2D eigenvalue weighted by molar-refractivity contribution is 5.60. The Kier molecular flexibility index (Phi) is 5.55. The molecule has 0 saturated heterocycles. The summed E-state index contributed by atoms with van der Waals surface area (Å²) in [4.78, 5) is 11.3. The number of aryl methyl sites for hydroxylation is 1. The second kappa shape index (κ2) is 7.62. The summed E-state index contributed by atoms with van der Waals surface area (Å²) in [5, 5.41) is 3.31. The van der Waals surface area contributed by atoms with Crippen molar-refractivity contribution in [3.8, 4) is 0 Å². The Balaban J connectivity index is 2.25. The summed E-state index contributed by atoms with van der Waals surface area (Å²) in [6.45, 7) is 8.10. The SMILES string of the molecule is CCCCNc1nc(C)cc(N(CC)c2ccccc2)n1. The van der Waals surface area contributed by atoms with E-state index in [1.807, 2.05) is 31.2 Å². The van der Waals surface area contributed by atoms with E-state index in [9.17, 15) is 0 Å². The van der Waals surface area contributed by atoms with E-state index in [2.05, 4.69) is 46.2 Å². The Hall–Kier alpha value is -2.10. The van der Waals surface area contributed by atoms with Gasteiger partial charge in [0, 0.05) is 30.5 Å². The number of hydrogen-bond donors (Lipinski definition) is 1. The molecule has 0 aliphatic carbocycles. The van der Waals surface area contributed by atoms with Crippen LogP contribution in [0.2, 0.25) is 0 Å². The van der Waals surface area contributed by atoms with Crippen molar-refractivity contribution in [1.29, 1.82) is 0 Å². The quantitative estimate of drug-likeness (QED) is 0.775. The third-order valence-corrected chi connectivity index (χ3v) is 3.31. The summed E-state index contributed by atoms with van der Waals surface area (Å²) in [6.07, 6.45) is 2.29. The van der Waals surface area contributed by atoms with Crippen LogP contribution in [0.1, 0.15) is 32.4 Å². The molecule has 0 saturated carbocycles. The maximum atomic E-state index is 4.66. The summed E-state index contributed by atoms with van der Waals surface area (Å²) in [5.74, 6) is 1.66. The van der Waals surface area contributed by atoms with E-state index >= 15 is 0 Å². The maximum absolute atomic E-state index is 4.66. The molecule has 2 rings (SSSR count). The van der Waals surface area contributed by atoms with Crippen LogP contribution in [0, 0.1) is 6.92 Å². The fourth-order valence-electron chi connectivity index (χ4n) is 2.23. The van der Waals surface area contributed by atoms with Gasteiger partial charge in [0.1, 0.15) is 5.82 Å². The zero-order chi connectivity index (χ0) is 15.1. The lowest BCUT2D eigenvalue weighted by molar-refractivity contribution is 0.824. The third kappa shape index (κ3) is 4.18. The molecule has 0 amide bonds. The molecule has 2 aromatic rings. The number of benzene rings is 1. The van der Waals surface area contributed by atoms with Gasteiger partial charge in [0.2, 0.25) is 5.95 Å². The molecule has 4 nitrogen and oxygen atoms in total. The van der Waals surface area contributed by atoms with E-state index < -0.39 is 0 Å². The first-order valence-corrected chi connectivity index (χ1v) is 7.66. The van der Waals surface area contributed by atoms with Crippen molar-refractivity contribution in [2.75, 3.05) is 23.3 Å². The fourth-order valence-corrected chi connectivity index (χ4v) is 2.23. The van der Waals surface area contributed by atoms with Gasteiger partial charge in [-0.1, -0.05) is 31.5 Å². The van der Waals surface area contributed by atoms with Gasteiger partial charge in [0.15, 0.2) is 0 Å². The molecular formula is C17H24N4. The predicted molar refractivity (Wildman–Crippen MR) is 89.3 cm³/mol. The van der Waals surface area contributed by atoms with Gasteiger partial charge in [0.05, 0.1) is 0 Å². The van der Waals surface area contributed by atoms with Gasteiger partial charge in [0.25, 0.3) is 0 Å². The van der Waals surface area contributed by atoms with Gasteiger partial charge in [-0.15, -0.1) is 0 Å². The first kappa shape index (κ1) is 15.3. The average molecular weight is 284 g/mol. The monoisotopic (exact) mass is 284 g/mol. The largest absolute Gasteiger partial charge is 0.354 e. The molecule has 21 heavy (non-hydrogen) atoms. The van der Waals surface area contributed by atoms with E-state index in [-0.39, 0.29) is 0 Å². The van der Waals surface area contributed by atoms with E-state index in [1.54, 1.807) is 0 Å². The van der Waals surface area contributed by atoms with Crippen molar-refractivity contribution in [2.24, 2.45) is 0 Å². The highest BCUT2D eigenvalue weighted by atomic mass is 15.2. The minimum Gasteiger partial charge on any atom is -0.354 e. The standard InChI is InChI=1S/C17H24N4/c1-4-6-12-18-17-19-14(3)13-16(20-17)21(5-2)15-10-8-7-9-11-15/h7-11,13H,4-6,12H2,1-3H3,(H,18,19,20). The summed E-state index contributed by atoms with van der Waals surface area (Å²) in [5.41, 5.74) is 2.13. The molecule has 1 aromatic heterocycles. The normalized spacial score (nSPS) is 10.4. The highest BCUT2D eigenvalue weighted by Gasteiger charge is 2.10. The molecular weight excluding hydrogens is 260 g/mol. The van der Waals surface area contributed by atoms with E-state index in [1.165, 1.54) is 0 Å². The van der Waals surface area contributed by atoms with Crippen molar-refractivity contribution in [3.63, 3.8) is 0 Å². The second-order valence-electron chi connectivity index (χ2n) is 5.05. The van der Waals surface area contributed by atoms with Crippen molar-refractivity contribution in [1.82, 2.24) is 9.97 Å². The lowest BCUT2D eigenvalue weighted by atomic mass is 10.2. The molecule has 112 valence electrons. The van der Waals surface area contributed by atoms with Gasteiger partial charge in [-0.05, 0) is 32.4 Å². The molecule has 0 aliphatic heterocycles. The molecule has 0 radical (unpaired) electrons. The van der Waals surface area contributed by atoms with Crippen molar-refractivity contribution < 1.29 is 0 Å². The third-order valence-electron chi connectivity index (χ3n) is 3.31. The maximum Gasteiger partial charge on any atom is 0.224 e. The van der Waals surface area contributed by atoms with E-state index in [0.29, 0.717) is 5.95 Å². The van der Waals surface area contributed by atoms with E-state index in [4.69, 9.17) is 0 Å². The molecule has 0 unspecified atom stereocenters. The minimum atomic E-state index is 0.716. The number of nitrogens with zero attached hydrogens (tertiary/aromatic N) is 3. The first-order valence-electron chi connectivity index (χ1n) is 7.66. The van der Waals surface area contributed by atoms with E-state index in [0.717, 1.165) is 43.1 Å². The van der Waals surface area contributed by atoms with Crippen LogP contribution < -0.4 is 10.2 Å². The summed E-state index contributed by atoms with van der Waals surface area (Å²) < 4.78 is 0. The lowest BCUT2D eigenvalue weighted by Gasteiger charge is -2.22. The van der Waals surface area contributed by atoms with Crippen LogP contribution in [-0.4, -0.2) is 23.1 Å². The number of anilines is 3. The molecule has 0 fully saturated rings. The summed E-state index contributed by atoms with van der Waals surface area (Å²) in [6, 6.07) is 12.4. The Morgan fingerprint density at radius 2 is 1.86 bits per heavy atom. The van der Waals surface area contributed by atoms with Crippen LogP contribution >= 0.6 is 0 Å². The predicted octanol–water partition coefficient (Wildman–Crippen LogP) is 4.16. The summed E-state index contributed by atoms with van der Waals surface area (Å²) >= 11 is 0. The molecule has 1 aromatic carbocycles. The Morgan fingerprint density at radius 1 is 1.10 bits per heavy atom. The van der Waals surface area contributed by atoms with Crippen LogP contribution in [-0.2, 0) is 0 Å². The number of aromatic nitrogens is 2. The molecule has 0 bridgehead atoms. The van der Waals surface area contributed by atoms with Crippen LogP contribution in [0.5, 0.6) is 0 Å². The first-order chi connectivity index (χ1) is 10.2. The van der Waals surface area contributed by atoms with Crippen LogP contribution in [0.15, 0.2) is 36.4 Å².